The zero-order valence-electron chi connectivity index (χ0n) is 16.8. The summed E-state index contributed by atoms with van der Waals surface area (Å²) in [5.41, 5.74) is 2.84. The molecule has 0 bridgehead atoms. The molecule has 0 aliphatic rings. The standard InChI is InChI=1S/C21H28N2O4S/c1-15(2)27-19-9-5-7-17(14-19)8-6-12-22-21(24)18-10-11-20(16(3)13-18)23-28(4,25)26/h5,7,9-11,13-15,23H,6,8,12H2,1-4H3,(H,22,24). The van der Waals surface area contributed by atoms with Gasteiger partial charge in [0, 0.05) is 12.1 Å². The van der Waals surface area contributed by atoms with Crippen LogP contribution in [0, 0.1) is 6.92 Å². The van der Waals surface area contributed by atoms with Crippen molar-refractivity contribution in [1.29, 1.82) is 0 Å². The minimum atomic E-state index is -3.35. The fourth-order valence-corrected chi connectivity index (χ4v) is 3.39. The highest BCUT2D eigenvalue weighted by Crippen LogP contribution is 2.18. The summed E-state index contributed by atoms with van der Waals surface area (Å²) in [5.74, 6) is 0.681. The molecule has 2 aromatic rings. The Bertz CT molecular complexity index is 924. The van der Waals surface area contributed by atoms with Gasteiger partial charge in [0.1, 0.15) is 5.75 Å². The fourth-order valence-electron chi connectivity index (χ4n) is 2.76. The zero-order valence-corrected chi connectivity index (χ0v) is 17.6. The SMILES string of the molecule is Cc1cc(C(=O)NCCCc2cccc(OC(C)C)c2)ccc1NS(C)(=O)=O. The van der Waals surface area contributed by atoms with Crippen molar-refractivity contribution in [1.82, 2.24) is 5.32 Å². The molecule has 2 aromatic carbocycles. The third-order valence-corrected chi connectivity index (χ3v) is 4.57. The molecule has 28 heavy (non-hydrogen) atoms. The Hall–Kier alpha value is -2.54. The number of benzene rings is 2. The highest BCUT2D eigenvalue weighted by atomic mass is 32.2. The number of anilines is 1. The van der Waals surface area contributed by atoms with Gasteiger partial charge in [0.2, 0.25) is 10.0 Å². The maximum atomic E-state index is 12.3. The second kappa shape index (κ2) is 9.59. The number of sulfonamides is 1. The van der Waals surface area contributed by atoms with E-state index in [1.165, 1.54) is 5.56 Å². The van der Waals surface area contributed by atoms with E-state index in [0.29, 0.717) is 23.4 Å². The van der Waals surface area contributed by atoms with Gasteiger partial charge in [-0.3, -0.25) is 9.52 Å². The Kier molecular flexibility index (Phi) is 7.45. The predicted octanol–water partition coefficient (Wildman–Crippen LogP) is 3.52. The molecule has 1 amide bonds. The first-order valence-electron chi connectivity index (χ1n) is 9.26. The molecule has 0 spiro atoms. The Labute approximate surface area is 167 Å². The van der Waals surface area contributed by atoms with Crippen molar-refractivity contribution in [2.24, 2.45) is 0 Å². The van der Waals surface area contributed by atoms with E-state index in [0.717, 1.165) is 24.8 Å². The van der Waals surface area contributed by atoms with Crippen LogP contribution >= 0.6 is 0 Å². The molecule has 0 saturated carbocycles. The molecule has 0 saturated heterocycles. The first-order chi connectivity index (χ1) is 13.1. The van der Waals surface area contributed by atoms with E-state index in [9.17, 15) is 13.2 Å². The van der Waals surface area contributed by atoms with E-state index in [1.807, 2.05) is 38.1 Å². The van der Waals surface area contributed by atoms with Crippen molar-refractivity contribution in [2.45, 2.75) is 39.7 Å². The lowest BCUT2D eigenvalue weighted by Gasteiger charge is -2.11. The van der Waals surface area contributed by atoms with Crippen LogP contribution in [0.5, 0.6) is 5.75 Å². The van der Waals surface area contributed by atoms with Crippen LogP contribution in [0.25, 0.3) is 0 Å². The van der Waals surface area contributed by atoms with Gasteiger partial charge in [-0.2, -0.15) is 0 Å². The topological polar surface area (TPSA) is 84.5 Å². The van der Waals surface area contributed by atoms with Crippen molar-refractivity contribution in [3.05, 3.63) is 59.2 Å². The Morgan fingerprint density at radius 1 is 1.14 bits per heavy atom. The quantitative estimate of drug-likeness (QED) is 0.627. The minimum absolute atomic E-state index is 0.136. The lowest BCUT2D eigenvalue weighted by atomic mass is 10.1. The molecule has 0 heterocycles. The maximum absolute atomic E-state index is 12.3. The fraction of sp³-hybridized carbons (Fsp3) is 0.381. The molecule has 0 atom stereocenters. The number of nitrogens with one attached hydrogen (secondary N) is 2. The van der Waals surface area contributed by atoms with Gasteiger partial charge in [-0.1, -0.05) is 12.1 Å². The van der Waals surface area contributed by atoms with Gasteiger partial charge in [0.15, 0.2) is 0 Å². The zero-order chi connectivity index (χ0) is 20.7. The van der Waals surface area contributed by atoms with E-state index in [2.05, 4.69) is 10.0 Å². The number of hydrogen-bond donors (Lipinski definition) is 2. The normalized spacial score (nSPS) is 11.3. The van der Waals surface area contributed by atoms with Gasteiger partial charge in [0.05, 0.1) is 18.0 Å². The van der Waals surface area contributed by atoms with Crippen LogP contribution in [0.15, 0.2) is 42.5 Å². The largest absolute Gasteiger partial charge is 0.491 e. The molecule has 0 fully saturated rings. The second-order valence-corrected chi connectivity index (χ2v) is 8.83. The van der Waals surface area contributed by atoms with E-state index < -0.39 is 10.0 Å². The summed E-state index contributed by atoms with van der Waals surface area (Å²) >= 11 is 0. The summed E-state index contributed by atoms with van der Waals surface area (Å²) in [7, 11) is -3.35. The molecular weight excluding hydrogens is 376 g/mol. The molecule has 0 aromatic heterocycles. The molecule has 7 heteroatoms. The predicted molar refractivity (Wildman–Crippen MR) is 113 cm³/mol. The average Bonchev–Trinajstić information content (AvgIpc) is 2.59. The highest BCUT2D eigenvalue weighted by Gasteiger charge is 2.10. The van der Waals surface area contributed by atoms with Crippen LogP contribution in [0.4, 0.5) is 5.69 Å². The van der Waals surface area contributed by atoms with Crippen LogP contribution in [-0.4, -0.2) is 33.2 Å². The number of rotatable bonds is 9. The number of hydrogen-bond acceptors (Lipinski definition) is 4. The van der Waals surface area contributed by atoms with Crippen LogP contribution in [0.2, 0.25) is 0 Å². The number of carbonyl (C=O) groups excluding carboxylic acids is 1. The van der Waals surface area contributed by atoms with E-state index in [-0.39, 0.29) is 12.0 Å². The number of carbonyl (C=O) groups is 1. The van der Waals surface area contributed by atoms with E-state index in [1.54, 1.807) is 25.1 Å². The molecule has 0 aliphatic carbocycles. The van der Waals surface area contributed by atoms with Crippen molar-refractivity contribution in [2.75, 3.05) is 17.5 Å². The molecule has 0 unspecified atom stereocenters. The monoisotopic (exact) mass is 404 g/mol. The Morgan fingerprint density at radius 2 is 1.89 bits per heavy atom. The summed E-state index contributed by atoms with van der Waals surface area (Å²) in [6, 6.07) is 12.9. The third kappa shape index (κ3) is 7.23. The van der Waals surface area contributed by atoms with Crippen LogP contribution in [0.1, 0.15) is 41.8 Å². The molecule has 0 radical (unpaired) electrons. The summed E-state index contributed by atoms with van der Waals surface area (Å²) in [6.45, 7) is 6.30. The summed E-state index contributed by atoms with van der Waals surface area (Å²) in [4.78, 5) is 12.3. The van der Waals surface area contributed by atoms with Crippen molar-refractivity contribution in [3.8, 4) is 5.75 Å². The minimum Gasteiger partial charge on any atom is -0.491 e. The van der Waals surface area contributed by atoms with Crippen molar-refractivity contribution < 1.29 is 17.9 Å². The second-order valence-electron chi connectivity index (χ2n) is 7.08. The van der Waals surface area contributed by atoms with Gasteiger partial charge in [-0.05, 0) is 75.1 Å². The lowest BCUT2D eigenvalue weighted by molar-refractivity contribution is 0.0953. The van der Waals surface area contributed by atoms with Gasteiger partial charge < -0.3 is 10.1 Å². The van der Waals surface area contributed by atoms with Gasteiger partial charge in [0.25, 0.3) is 5.91 Å². The van der Waals surface area contributed by atoms with Crippen LogP contribution in [0.3, 0.4) is 0 Å². The highest BCUT2D eigenvalue weighted by molar-refractivity contribution is 7.92. The number of amides is 1. The molecule has 152 valence electrons. The molecule has 6 nitrogen and oxygen atoms in total. The van der Waals surface area contributed by atoms with E-state index in [4.69, 9.17) is 4.74 Å². The van der Waals surface area contributed by atoms with Crippen molar-refractivity contribution in [3.63, 3.8) is 0 Å². The van der Waals surface area contributed by atoms with Gasteiger partial charge >= 0.3 is 0 Å². The number of aryl methyl sites for hydroxylation is 2. The first-order valence-corrected chi connectivity index (χ1v) is 11.2. The Balaban J connectivity index is 1.85. The summed E-state index contributed by atoms with van der Waals surface area (Å²) < 4.78 is 30.8. The Morgan fingerprint density at radius 3 is 2.54 bits per heavy atom. The number of ether oxygens (including phenoxy) is 1. The van der Waals surface area contributed by atoms with Gasteiger partial charge in [-0.25, -0.2) is 8.42 Å². The molecule has 2 N–H and O–H groups in total. The van der Waals surface area contributed by atoms with Crippen molar-refractivity contribution >= 4 is 21.6 Å². The maximum Gasteiger partial charge on any atom is 0.251 e. The lowest BCUT2D eigenvalue weighted by Crippen LogP contribution is -2.25. The third-order valence-electron chi connectivity index (χ3n) is 3.98. The molecule has 2 rings (SSSR count). The van der Waals surface area contributed by atoms with Crippen LogP contribution in [-0.2, 0) is 16.4 Å². The van der Waals surface area contributed by atoms with Gasteiger partial charge in [-0.15, -0.1) is 0 Å². The summed E-state index contributed by atoms with van der Waals surface area (Å²) in [6.07, 6.45) is 2.88. The van der Waals surface area contributed by atoms with E-state index >= 15 is 0 Å². The smallest absolute Gasteiger partial charge is 0.251 e. The molecular formula is C21H28N2O4S. The van der Waals surface area contributed by atoms with Crippen LogP contribution < -0.4 is 14.8 Å². The summed E-state index contributed by atoms with van der Waals surface area (Å²) in [5, 5.41) is 2.90. The first kappa shape index (κ1) is 21.8. The molecule has 0 aliphatic heterocycles. The average molecular weight is 405 g/mol.